The van der Waals surface area contributed by atoms with Crippen molar-refractivity contribution >= 4 is 44.6 Å². The molecule has 0 heterocycles. The smallest absolute Gasteiger partial charge is 0.292 e. The van der Waals surface area contributed by atoms with Gasteiger partial charge < -0.3 is 11.1 Å². The minimum Gasteiger partial charge on any atom is -0.376 e. The Morgan fingerprint density at radius 3 is 2.79 bits per heavy atom. The maximum atomic E-state index is 10.6. The van der Waals surface area contributed by atoms with Crippen LogP contribution in [0.1, 0.15) is 0 Å². The summed E-state index contributed by atoms with van der Waals surface area (Å²) in [6, 6.07) is 4.48. The Hall–Kier alpha value is -1.21. The van der Waals surface area contributed by atoms with Crippen LogP contribution in [0.15, 0.2) is 22.7 Å². The first-order valence-corrected chi connectivity index (χ1v) is 4.71. The first-order chi connectivity index (χ1) is 6.50. The monoisotopic (exact) mass is 275 g/mol. The summed E-state index contributed by atoms with van der Waals surface area (Å²) in [5.41, 5.74) is 5.43. The van der Waals surface area contributed by atoms with Crippen LogP contribution in [0.3, 0.4) is 0 Å². The lowest BCUT2D eigenvalue weighted by atomic mass is 10.3. The lowest BCUT2D eigenvalue weighted by molar-refractivity contribution is -0.383. The number of nitro groups is 1. The van der Waals surface area contributed by atoms with Crippen molar-refractivity contribution in [3.63, 3.8) is 0 Å². The largest absolute Gasteiger partial charge is 0.376 e. The van der Waals surface area contributed by atoms with Crippen molar-refractivity contribution in [3.8, 4) is 0 Å². The quantitative estimate of drug-likeness (QED) is 0.490. The van der Waals surface area contributed by atoms with Crippen molar-refractivity contribution in [3.05, 3.63) is 32.8 Å². The molecule has 7 heteroatoms. The minimum atomic E-state index is -0.507. The zero-order valence-corrected chi connectivity index (χ0v) is 9.26. The molecule has 0 amide bonds. The predicted molar refractivity (Wildman–Crippen MR) is 61.2 cm³/mol. The molecule has 0 radical (unpaired) electrons. The van der Waals surface area contributed by atoms with Crippen molar-refractivity contribution in [1.29, 1.82) is 0 Å². The van der Waals surface area contributed by atoms with Gasteiger partial charge in [0.25, 0.3) is 5.69 Å². The molecule has 0 aromatic heterocycles. The first kappa shape index (κ1) is 10.9. The second-order valence-electron chi connectivity index (χ2n) is 2.41. The van der Waals surface area contributed by atoms with Gasteiger partial charge in [-0.05, 0) is 24.4 Å². The SMILES string of the molecule is NC(=S)Nc1cc(Br)ccc1[N+](=O)[O-]. The van der Waals surface area contributed by atoms with Crippen molar-refractivity contribution < 1.29 is 4.92 Å². The van der Waals surface area contributed by atoms with Gasteiger partial charge in [0.05, 0.1) is 4.92 Å². The molecule has 0 atom stereocenters. The van der Waals surface area contributed by atoms with Crippen LogP contribution in [0, 0.1) is 10.1 Å². The lowest BCUT2D eigenvalue weighted by Crippen LogP contribution is -2.19. The fourth-order valence-corrected chi connectivity index (χ4v) is 1.37. The summed E-state index contributed by atoms with van der Waals surface area (Å²) in [6.45, 7) is 0. The van der Waals surface area contributed by atoms with Gasteiger partial charge in [0.2, 0.25) is 0 Å². The van der Waals surface area contributed by atoms with Gasteiger partial charge in [0.15, 0.2) is 5.11 Å². The van der Waals surface area contributed by atoms with Gasteiger partial charge in [0, 0.05) is 10.5 Å². The molecule has 0 spiro atoms. The Kier molecular flexibility index (Phi) is 3.37. The first-order valence-electron chi connectivity index (χ1n) is 3.51. The van der Waals surface area contributed by atoms with Gasteiger partial charge in [-0.1, -0.05) is 15.9 Å². The van der Waals surface area contributed by atoms with Gasteiger partial charge in [0.1, 0.15) is 5.69 Å². The number of nitrogens with one attached hydrogen (secondary N) is 1. The number of nitro benzene ring substituents is 1. The zero-order valence-electron chi connectivity index (χ0n) is 6.86. The Morgan fingerprint density at radius 2 is 2.29 bits per heavy atom. The van der Waals surface area contributed by atoms with Gasteiger partial charge in [-0.3, -0.25) is 10.1 Å². The number of thiocarbonyl (C=S) groups is 1. The minimum absolute atomic E-state index is 0.00815. The van der Waals surface area contributed by atoms with Crippen molar-refractivity contribution in [1.82, 2.24) is 0 Å². The summed E-state index contributed by atoms with van der Waals surface area (Å²) in [4.78, 5) is 10.1. The van der Waals surface area contributed by atoms with E-state index in [4.69, 9.17) is 5.73 Å². The second kappa shape index (κ2) is 4.34. The maximum Gasteiger partial charge on any atom is 0.292 e. The molecule has 3 N–H and O–H groups in total. The summed E-state index contributed by atoms with van der Waals surface area (Å²) in [5.74, 6) is 0. The Bertz CT molecular complexity index is 397. The van der Waals surface area contributed by atoms with Gasteiger partial charge in [-0.2, -0.15) is 0 Å². The lowest BCUT2D eigenvalue weighted by Gasteiger charge is -2.04. The van der Waals surface area contributed by atoms with E-state index in [0.29, 0.717) is 4.47 Å². The highest BCUT2D eigenvalue weighted by molar-refractivity contribution is 9.10. The van der Waals surface area contributed by atoms with Crippen molar-refractivity contribution in [2.24, 2.45) is 5.73 Å². The van der Waals surface area contributed by atoms with E-state index in [1.807, 2.05) is 0 Å². The van der Waals surface area contributed by atoms with Crippen molar-refractivity contribution in [2.45, 2.75) is 0 Å². The van der Waals surface area contributed by atoms with Crippen LogP contribution in [0.4, 0.5) is 11.4 Å². The standard InChI is InChI=1S/C7H6BrN3O2S/c8-4-1-2-6(11(12)13)5(3-4)10-7(9)14/h1-3H,(H3,9,10,14). The van der Waals surface area contributed by atoms with Crippen LogP contribution in [-0.4, -0.2) is 10.0 Å². The van der Waals surface area contributed by atoms with Gasteiger partial charge in [-0.15, -0.1) is 0 Å². The highest BCUT2D eigenvalue weighted by Gasteiger charge is 2.13. The predicted octanol–water partition coefficient (Wildman–Crippen LogP) is 2.01. The number of anilines is 1. The fraction of sp³-hybridized carbons (Fsp3) is 0. The van der Waals surface area contributed by atoms with Gasteiger partial charge >= 0.3 is 0 Å². The second-order valence-corrected chi connectivity index (χ2v) is 3.76. The average molecular weight is 276 g/mol. The van der Waals surface area contributed by atoms with E-state index in [9.17, 15) is 10.1 Å². The van der Waals surface area contributed by atoms with Crippen LogP contribution < -0.4 is 11.1 Å². The molecule has 1 aromatic carbocycles. The number of rotatable bonds is 2. The molecular formula is C7H6BrN3O2S. The summed E-state index contributed by atoms with van der Waals surface area (Å²) in [7, 11) is 0. The van der Waals surface area contributed by atoms with Crippen LogP contribution in [-0.2, 0) is 0 Å². The highest BCUT2D eigenvalue weighted by Crippen LogP contribution is 2.27. The van der Waals surface area contributed by atoms with Crippen LogP contribution in [0.25, 0.3) is 0 Å². The molecule has 0 bridgehead atoms. The topological polar surface area (TPSA) is 81.2 Å². The van der Waals surface area contributed by atoms with E-state index in [2.05, 4.69) is 33.5 Å². The third-order valence-corrected chi connectivity index (χ3v) is 2.01. The van der Waals surface area contributed by atoms with Crippen LogP contribution in [0.2, 0.25) is 0 Å². The molecule has 0 aliphatic heterocycles. The van der Waals surface area contributed by atoms with E-state index in [1.165, 1.54) is 12.1 Å². The molecule has 0 aliphatic rings. The van der Waals surface area contributed by atoms with E-state index in [-0.39, 0.29) is 16.5 Å². The number of nitrogens with two attached hydrogens (primary N) is 1. The molecule has 0 saturated heterocycles. The van der Waals surface area contributed by atoms with E-state index in [0.717, 1.165) is 0 Å². The van der Waals surface area contributed by atoms with Gasteiger partial charge in [-0.25, -0.2) is 0 Å². The molecular weight excluding hydrogens is 270 g/mol. The fourth-order valence-electron chi connectivity index (χ4n) is 0.900. The zero-order chi connectivity index (χ0) is 10.7. The number of hydrogen-bond acceptors (Lipinski definition) is 3. The molecule has 5 nitrogen and oxygen atoms in total. The average Bonchev–Trinajstić information content (AvgIpc) is 2.01. The maximum absolute atomic E-state index is 10.6. The van der Waals surface area contributed by atoms with Crippen molar-refractivity contribution in [2.75, 3.05) is 5.32 Å². The summed E-state index contributed by atoms with van der Waals surface area (Å²) in [5, 5.41) is 13.1. The molecule has 1 aromatic rings. The van der Waals surface area contributed by atoms with Crippen LogP contribution in [0.5, 0.6) is 0 Å². The Labute approximate surface area is 93.6 Å². The number of halogens is 1. The summed E-state index contributed by atoms with van der Waals surface area (Å²) < 4.78 is 0.710. The van der Waals surface area contributed by atoms with E-state index >= 15 is 0 Å². The van der Waals surface area contributed by atoms with E-state index < -0.39 is 4.92 Å². The molecule has 74 valence electrons. The molecule has 14 heavy (non-hydrogen) atoms. The van der Waals surface area contributed by atoms with E-state index in [1.54, 1.807) is 6.07 Å². The molecule has 0 unspecified atom stereocenters. The Balaban J connectivity index is 3.15. The molecule has 0 fully saturated rings. The Morgan fingerprint density at radius 1 is 1.64 bits per heavy atom. The summed E-state index contributed by atoms with van der Waals surface area (Å²) in [6.07, 6.45) is 0. The van der Waals surface area contributed by atoms with Crippen LogP contribution >= 0.6 is 28.1 Å². The normalized spacial score (nSPS) is 9.50. The molecule has 1 rings (SSSR count). The third kappa shape index (κ3) is 2.64. The number of nitrogens with zero attached hydrogens (tertiary/aromatic N) is 1. The number of hydrogen-bond donors (Lipinski definition) is 2. The highest BCUT2D eigenvalue weighted by atomic mass is 79.9. The third-order valence-electron chi connectivity index (χ3n) is 1.41. The molecule has 0 saturated carbocycles. The number of benzene rings is 1. The molecule has 0 aliphatic carbocycles. The summed E-state index contributed by atoms with van der Waals surface area (Å²) >= 11 is 7.78.